The van der Waals surface area contributed by atoms with Crippen LogP contribution >= 0.6 is 0 Å². The molecule has 0 unspecified atom stereocenters. The van der Waals surface area contributed by atoms with Crippen molar-refractivity contribution >= 4 is 21.6 Å². The number of aromatic nitrogens is 1. The van der Waals surface area contributed by atoms with E-state index in [1.165, 1.54) is 12.3 Å². The van der Waals surface area contributed by atoms with E-state index in [2.05, 4.69) is 0 Å². The highest BCUT2D eigenvalue weighted by molar-refractivity contribution is 7.92. The number of sulfonamides is 1. The van der Waals surface area contributed by atoms with Crippen LogP contribution in [0.2, 0.25) is 0 Å². The molecule has 0 spiro atoms. The minimum atomic E-state index is -4.14. The van der Waals surface area contributed by atoms with E-state index in [4.69, 9.17) is 0 Å². The van der Waals surface area contributed by atoms with Gasteiger partial charge in [-0.05, 0) is 25.1 Å². The van der Waals surface area contributed by atoms with Gasteiger partial charge in [-0.3, -0.25) is 9.52 Å². The second-order valence-electron chi connectivity index (χ2n) is 5.37. The number of carbonyl (C=O) groups is 1. The first-order valence-electron chi connectivity index (χ1n) is 7.29. The molecule has 1 aliphatic rings. The van der Waals surface area contributed by atoms with Crippen molar-refractivity contribution in [2.45, 2.75) is 18.4 Å². The maximum absolute atomic E-state index is 13.6. The third kappa shape index (κ3) is 2.86. The van der Waals surface area contributed by atoms with Gasteiger partial charge in [0.05, 0.1) is 5.69 Å². The van der Waals surface area contributed by atoms with Crippen molar-refractivity contribution in [1.29, 1.82) is 0 Å². The summed E-state index contributed by atoms with van der Waals surface area (Å²) in [5, 5.41) is 0. The van der Waals surface area contributed by atoms with Gasteiger partial charge in [-0.25, -0.2) is 17.2 Å². The van der Waals surface area contributed by atoms with Gasteiger partial charge in [0, 0.05) is 31.9 Å². The first-order valence-corrected chi connectivity index (χ1v) is 8.77. The number of hydrogen-bond donors (Lipinski definition) is 1. The molecule has 2 heterocycles. The Morgan fingerprint density at radius 3 is 2.67 bits per heavy atom. The number of nitrogens with one attached hydrogen (secondary N) is 1. The summed E-state index contributed by atoms with van der Waals surface area (Å²) in [6.07, 6.45) is 1.32. The summed E-state index contributed by atoms with van der Waals surface area (Å²) in [6.45, 7) is 3.32. The molecule has 128 valence electrons. The first kappa shape index (κ1) is 16.4. The van der Waals surface area contributed by atoms with Gasteiger partial charge in [0.15, 0.2) is 0 Å². The number of benzene rings is 1. The number of nitrogens with zero attached hydrogens (tertiary/aromatic N) is 2. The lowest BCUT2D eigenvalue weighted by molar-refractivity contribution is 0.0715. The molecule has 0 aliphatic carbocycles. The van der Waals surface area contributed by atoms with Gasteiger partial charge in [-0.15, -0.1) is 0 Å². The van der Waals surface area contributed by atoms with Gasteiger partial charge >= 0.3 is 0 Å². The average Bonchev–Trinajstić information content (AvgIpc) is 2.97. The fourth-order valence-electron chi connectivity index (χ4n) is 2.57. The molecule has 6 nitrogen and oxygen atoms in total. The topological polar surface area (TPSA) is 71.4 Å². The van der Waals surface area contributed by atoms with Crippen molar-refractivity contribution in [3.05, 3.63) is 47.8 Å². The minimum absolute atomic E-state index is 0.174. The molecule has 1 aliphatic heterocycles. The lowest BCUT2D eigenvalue weighted by Crippen LogP contribution is -2.39. The van der Waals surface area contributed by atoms with Crippen molar-refractivity contribution in [2.75, 3.05) is 17.8 Å². The third-order valence-electron chi connectivity index (χ3n) is 3.85. The van der Waals surface area contributed by atoms with Crippen LogP contribution in [-0.2, 0) is 16.6 Å². The Bertz CT molecular complexity index is 909. The minimum Gasteiger partial charge on any atom is -0.340 e. The molecule has 1 N–H and O–H groups in total. The van der Waals surface area contributed by atoms with Crippen molar-refractivity contribution in [3.8, 4) is 0 Å². The normalized spacial score (nSPS) is 14.6. The summed E-state index contributed by atoms with van der Waals surface area (Å²) in [5.41, 5.74) is -0.233. The van der Waals surface area contributed by atoms with Gasteiger partial charge < -0.3 is 9.47 Å². The Kier molecular flexibility index (Phi) is 4.04. The van der Waals surface area contributed by atoms with Gasteiger partial charge in [0.2, 0.25) is 0 Å². The molecule has 3 rings (SSSR count). The highest BCUT2D eigenvalue weighted by atomic mass is 32.2. The smallest absolute Gasteiger partial charge is 0.270 e. The lowest BCUT2D eigenvalue weighted by atomic mass is 10.3. The molecule has 0 saturated carbocycles. The van der Waals surface area contributed by atoms with Crippen LogP contribution in [0.3, 0.4) is 0 Å². The second-order valence-corrected chi connectivity index (χ2v) is 7.05. The molecule has 0 atom stereocenters. The zero-order valence-corrected chi connectivity index (χ0v) is 13.6. The van der Waals surface area contributed by atoms with E-state index < -0.39 is 27.3 Å². The fraction of sp³-hybridized carbons (Fsp3) is 0.267. The van der Waals surface area contributed by atoms with Gasteiger partial charge in [0.1, 0.15) is 22.2 Å². The quantitative estimate of drug-likeness (QED) is 0.912. The number of amides is 1. The van der Waals surface area contributed by atoms with E-state index in [0.29, 0.717) is 19.6 Å². The standard InChI is InChI=1S/C15H15F2N3O3S/c1-2-19-5-6-20-9-11(8-14(20)15(19)21)24(22,23)18-13-7-10(16)3-4-12(13)17/h3-4,7-9,18H,2,5-6H2,1H3. The van der Waals surface area contributed by atoms with Crippen LogP contribution in [0.1, 0.15) is 17.4 Å². The van der Waals surface area contributed by atoms with Crippen molar-refractivity contribution < 1.29 is 22.0 Å². The number of rotatable bonds is 4. The fourth-order valence-corrected chi connectivity index (χ4v) is 3.66. The molecule has 9 heteroatoms. The van der Waals surface area contributed by atoms with E-state index >= 15 is 0 Å². The van der Waals surface area contributed by atoms with Crippen LogP contribution < -0.4 is 4.72 Å². The molecule has 2 aromatic rings. The van der Waals surface area contributed by atoms with Crippen molar-refractivity contribution in [2.24, 2.45) is 0 Å². The number of likely N-dealkylation sites (N-methyl/N-ethyl adjacent to an activating group) is 1. The Hall–Kier alpha value is -2.42. The van der Waals surface area contributed by atoms with Crippen LogP contribution in [0, 0.1) is 11.6 Å². The lowest BCUT2D eigenvalue weighted by Gasteiger charge is -2.26. The summed E-state index contributed by atoms with van der Waals surface area (Å²) in [5.74, 6) is -1.92. The number of carbonyl (C=O) groups excluding carboxylic acids is 1. The van der Waals surface area contributed by atoms with Crippen LogP contribution in [0.15, 0.2) is 35.4 Å². The Morgan fingerprint density at radius 2 is 1.96 bits per heavy atom. The molecule has 24 heavy (non-hydrogen) atoms. The highest BCUT2D eigenvalue weighted by Gasteiger charge is 2.28. The van der Waals surface area contributed by atoms with Crippen LogP contribution in [0.25, 0.3) is 0 Å². The van der Waals surface area contributed by atoms with Gasteiger partial charge in [-0.2, -0.15) is 0 Å². The first-order chi connectivity index (χ1) is 11.3. The molecule has 0 radical (unpaired) electrons. The average molecular weight is 355 g/mol. The van der Waals surface area contributed by atoms with Crippen LogP contribution in [-0.4, -0.2) is 36.9 Å². The summed E-state index contributed by atoms with van der Waals surface area (Å²) >= 11 is 0. The van der Waals surface area contributed by atoms with E-state index in [-0.39, 0.29) is 16.5 Å². The van der Waals surface area contributed by atoms with E-state index in [0.717, 1.165) is 18.2 Å². The van der Waals surface area contributed by atoms with E-state index in [9.17, 15) is 22.0 Å². The molecule has 0 bridgehead atoms. The summed E-state index contributed by atoms with van der Waals surface area (Å²) < 4.78 is 55.2. The summed E-state index contributed by atoms with van der Waals surface area (Å²) in [6, 6.07) is 3.72. The van der Waals surface area contributed by atoms with E-state index in [1.807, 2.05) is 11.6 Å². The zero-order valence-electron chi connectivity index (χ0n) is 12.8. The number of halogens is 2. The Morgan fingerprint density at radius 1 is 1.21 bits per heavy atom. The van der Waals surface area contributed by atoms with Gasteiger partial charge in [-0.1, -0.05) is 0 Å². The molecular weight excluding hydrogens is 340 g/mol. The van der Waals surface area contributed by atoms with E-state index in [1.54, 1.807) is 9.47 Å². The molecule has 0 fully saturated rings. The number of hydrogen-bond acceptors (Lipinski definition) is 3. The SMILES string of the molecule is CCN1CCn2cc(S(=O)(=O)Nc3cc(F)ccc3F)cc2C1=O. The Balaban J connectivity index is 1.94. The summed E-state index contributed by atoms with van der Waals surface area (Å²) in [4.78, 5) is 13.7. The second kappa shape index (κ2) is 5.90. The molecular formula is C15H15F2N3O3S. The Labute approximate surface area is 137 Å². The third-order valence-corrected chi connectivity index (χ3v) is 5.19. The number of anilines is 1. The van der Waals surface area contributed by atoms with Crippen molar-refractivity contribution in [3.63, 3.8) is 0 Å². The van der Waals surface area contributed by atoms with Crippen LogP contribution in [0.5, 0.6) is 0 Å². The number of fused-ring (bicyclic) bond motifs is 1. The van der Waals surface area contributed by atoms with Gasteiger partial charge in [0.25, 0.3) is 15.9 Å². The largest absolute Gasteiger partial charge is 0.340 e. The predicted octanol–water partition coefficient (Wildman–Crippen LogP) is 2.04. The maximum Gasteiger partial charge on any atom is 0.270 e. The molecule has 1 aromatic heterocycles. The maximum atomic E-state index is 13.6. The van der Waals surface area contributed by atoms with Crippen molar-refractivity contribution in [1.82, 2.24) is 9.47 Å². The highest BCUT2D eigenvalue weighted by Crippen LogP contribution is 2.23. The molecule has 0 saturated heterocycles. The predicted molar refractivity (Wildman–Crippen MR) is 83.2 cm³/mol. The zero-order chi connectivity index (χ0) is 17.5. The molecule has 1 aromatic carbocycles. The summed E-state index contributed by atoms with van der Waals surface area (Å²) in [7, 11) is -4.14. The van der Waals surface area contributed by atoms with Crippen LogP contribution in [0.4, 0.5) is 14.5 Å². The monoisotopic (exact) mass is 355 g/mol. The molecule has 1 amide bonds.